The summed E-state index contributed by atoms with van der Waals surface area (Å²) < 4.78 is 0. The minimum atomic E-state index is 1.37. The fourth-order valence-electron chi connectivity index (χ4n) is 5.80. The van der Waals surface area contributed by atoms with Gasteiger partial charge in [-0.15, -0.1) is 13.2 Å². The molecule has 1 nitrogen and oxygen atoms in total. The Hall–Kier alpha value is -0.300. The van der Waals surface area contributed by atoms with Crippen LogP contribution in [0.5, 0.6) is 0 Å². The molecule has 0 bridgehead atoms. The summed E-state index contributed by atoms with van der Waals surface area (Å²) >= 11 is 0. The van der Waals surface area contributed by atoms with Crippen LogP contribution in [0.25, 0.3) is 0 Å². The fourth-order valence-corrected chi connectivity index (χ4v) is 5.80. The Morgan fingerprint density at radius 2 is 0.410 bits per heavy atom. The summed E-state index contributed by atoms with van der Waals surface area (Å²) in [5, 5.41) is 0. The molecule has 0 saturated carbocycles. The molecule has 0 aromatic heterocycles. The van der Waals surface area contributed by atoms with Crippen molar-refractivity contribution in [2.45, 2.75) is 213 Å². The fraction of sp³-hybridized carbons (Fsp3) is 0.947. The average molecular weight is 550 g/mol. The van der Waals surface area contributed by atoms with Gasteiger partial charge in [-0.3, -0.25) is 0 Å². The van der Waals surface area contributed by atoms with Gasteiger partial charge in [0.2, 0.25) is 0 Å². The van der Waals surface area contributed by atoms with Gasteiger partial charge in [-0.25, -0.2) is 0 Å². The molecule has 0 aromatic carbocycles. The number of unbranched alkanes of at least 4 members (excludes halogenated alkanes) is 27. The molecular formula is C38H79N. The van der Waals surface area contributed by atoms with Gasteiger partial charge in [-0.1, -0.05) is 194 Å². The van der Waals surface area contributed by atoms with Gasteiger partial charge in [0.15, 0.2) is 0 Å². The lowest BCUT2D eigenvalue weighted by molar-refractivity contribution is 0.254. The van der Waals surface area contributed by atoms with E-state index >= 15 is 0 Å². The van der Waals surface area contributed by atoms with Gasteiger partial charge in [-0.05, 0) is 38.9 Å². The molecule has 0 rings (SSSR count). The van der Waals surface area contributed by atoms with Crippen LogP contribution in [-0.4, -0.2) is 24.5 Å². The SMILES string of the molecule is C=C.CCCCCCCCCCCCN(CCCCCCCCCCCC)CCCCCCCCCCCC. The van der Waals surface area contributed by atoms with Gasteiger partial charge in [-0.2, -0.15) is 0 Å². The first kappa shape index (κ1) is 40.8. The summed E-state index contributed by atoms with van der Waals surface area (Å²) in [7, 11) is 0. The van der Waals surface area contributed by atoms with Gasteiger partial charge < -0.3 is 4.90 Å². The largest absolute Gasteiger partial charge is 0.303 e. The van der Waals surface area contributed by atoms with E-state index in [-0.39, 0.29) is 0 Å². The number of rotatable bonds is 33. The van der Waals surface area contributed by atoms with Crippen molar-refractivity contribution in [2.75, 3.05) is 19.6 Å². The predicted molar refractivity (Wildman–Crippen MR) is 183 cm³/mol. The topological polar surface area (TPSA) is 3.24 Å². The highest BCUT2D eigenvalue weighted by Gasteiger charge is 2.05. The summed E-state index contributed by atoms with van der Waals surface area (Å²) in [6.07, 6.45) is 43.6. The highest BCUT2D eigenvalue weighted by Crippen LogP contribution is 2.14. The molecule has 0 aliphatic rings. The Balaban J connectivity index is 0. The third-order valence-corrected chi connectivity index (χ3v) is 8.48. The lowest BCUT2D eigenvalue weighted by Crippen LogP contribution is -2.27. The zero-order valence-electron chi connectivity index (χ0n) is 28.2. The molecule has 0 atom stereocenters. The van der Waals surface area contributed by atoms with Crippen LogP contribution in [0.2, 0.25) is 0 Å². The first-order valence-electron chi connectivity index (χ1n) is 18.6. The van der Waals surface area contributed by atoms with E-state index < -0.39 is 0 Å². The van der Waals surface area contributed by atoms with E-state index in [1.807, 2.05) is 0 Å². The monoisotopic (exact) mass is 550 g/mol. The van der Waals surface area contributed by atoms with Crippen molar-refractivity contribution in [2.24, 2.45) is 0 Å². The zero-order chi connectivity index (χ0) is 28.9. The zero-order valence-corrected chi connectivity index (χ0v) is 28.2. The van der Waals surface area contributed by atoms with E-state index in [0.29, 0.717) is 0 Å². The Morgan fingerprint density at radius 1 is 0.256 bits per heavy atom. The number of hydrogen-bond donors (Lipinski definition) is 0. The summed E-state index contributed by atoms with van der Waals surface area (Å²) in [5.74, 6) is 0. The predicted octanol–water partition coefficient (Wildman–Crippen LogP) is 13.9. The number of nitrogens with zero attached hydrogens (tertiary/aromatic N) is 1. The Morgan fingerprint density at radius 3 is 0.590 bits per heavy atom. The van der Waals surface area contributed by atoms with Gasteiger partial charge in [0, 0.05) is 0 Å². The molecule has 0 N–H and O–H groups in total. The van der Waals surface area contributed by atoms with Gasteiger partial charge in [0.05, 0.1) is 0 Å². The van der Waals surface area contributed by atoms with Crippen LogP contribution < -0.4 is 0 Å². The quantitative estimate of drug-likeness (QED) is 0.0581. The molecule has 236 valence electrons. The normalized spacial score (nSPS) is 11.2. The highest BCUT2D eigenvalue weighted by atomic mass is 15.1. The molecule has 0 amide bonds. The van der Waals surface area contributed by atoms with Crippen LogP contribution in [0.15, 0.2) is 13.2 Å². The van der Waals surface area contributed by atoms with Crippen molar-refractivity contribution in [3.05, 3.63) is 13.2 Å². The van der Waals surface area contributed by atoms with Crippen LogP contribution in [0, 0.1) is 0 Å². The third kappa shape index (κ3) is 37.7. The second-order valence-corrected chi connectivity index (χ2v) is 12.4. The van der Waals surface area contributed by atoms with Crippen molar-refractivity contribution in [3.63, 3.8) is 0 Å². The van der Waals surface area contributed by atoms with Crippen molar-refractivity contribution in [3.8, 4) is 0 Å². The van der Waals surface area contributed by atoms with E-state index in [1.165, 1.54) is 212 Å². The van der Waals surface area contributed by atoms with Crippen LogP contribution in [-0.2, 0) is 0 Å². The Kier molecular flexibility index (Phi) is 41.7. The van der Waals surface area contributed by atoms with Gasteiger partial charge in [0.1, 0.15) is 0 Å². The smallest absolute Gasteiger partial charge is 0.00187 e. The van der Waals surface area contributed by atoms with Crippen molar-refractivity contribution < 1.29 is 0 Å². The molecule has 0 aromatic rings. The second-order valence-electron chi connectivity index (χ2n) is 12.4. The molecule has 0 radical (unpaired) electrons. The molecule has 0 heterocycles. The van der Waals surface area contributed by atoms with E-state index in [9.17, 15) is 0 Å². The van der Waals surface area contributed by atoms with E-state index in [2.05, 4.69) is 38.8 Å². The van der Waals surface area contributed by atoms with E-state index in [0.717, 1.165) is 0 Å². The summed E-state index contributed by atoms with van der Waals surface area (Å²) in [5.41, 5.74) is 0. The van der Waals surface area contributed by atoms with E-state index in [4.69, 9.17) is 0 Å². The minimum absolute atomic E-state index is 1.37. The number of hydrogen-bond acceptors (Lipinski definition) is 1. The molecule has 0 aliphatic heterocycles. The Labute approximate surface area is 250 Å². The maximum absolute atomic E-state index is 3.00. The van der Waals surface area contributed by atoms with Crippen LogP contribution in [0.1, 0.15) is 213 Å². The molecule has 0 aliphatic carbocycles. The van der Waals surface area contributed by atoms with Crippen molar-refractivity contribution in [1.82, 2.24) is 4.90 Å². The third-order valence-electron chi connectivity index (χ3n) is 8.48. The first-order valence-corrected chi connectivity index (χ1v) is 18.6. The summed E-state index contributed by atoms with van der Waals surface area (Å²) in [4.78, 5) is 2.85. The van der Waals surface area contributed by atoms with Gasteiger partial charge >= 0.3 is 0 Å². The van der Waals surface area contributed by atoms with E-state index in [1.54, 1.807) is 0 Å². The standard InChI is InChI=1S/C36H75N.C2H4/c1-4-7-10-13-16-19-22-25-28-31-34-37(35-32-29-26-23-20-17-14-11-8-5-2)36-33-30-27-24-21-18-15-12-9-6-3;1-2/h4-36H2,1-3H3;1-2H2. The average Bonchev–Trinajstić information content (AvgIpc) is 2.96. The molecule has 1 heteroatoms. The highest BCUT2D eigenvalue weighted by molar-refractivity contribution is 4.61. The first-order chi connectivity index (χ1) is 19.3. The van der Waals surface area contributed by atoms with Crippen molar-refractivity contribution in [1.29, 1.82) is 0 Å². The Bertz CT molecular complexity index is 335. The van der Waals surface area contributed by atoms with Gasteiger partial charge in [0.25, 0.3) is 0 Å². The van der Waals surface area contributed by atoms with Crippen molar-refractivity contribution >= 4 is 0 Å². The maximum atomic E-state index is 3.00. The lowest BCUT2D eigenvalue weighted by Gasteiger charge is -2.22. The van der Waals surface area contributed by atoms with Crippen LogP contribution in [0.3, 0.4) is 0 Å². The summed E-state index contributed by atoms with van der Waals surface area (Å²) in [6.45, 7) is 17.0. The second kappa shape index (κ2) is 39.8. The molecule has 0 fully saturated rings. The molecular weight excluding hydrogens is 470 g/mol. The van der Waals surface area contributed by atoms with Crippen LogP contribution >= 0.6 is 0 Å². The minimum Gasteiger partial charge on any atom is -0.303 e. The molecule has 39 heavy (non-hydrogen) atoms. The van der Waals surface area contributed by atoms with Crippen LogP contribution in [0.4, 0.5) is 0 Å². The molecule has 0 spiro atoms. The molecule has 0 unspecified atom stereocenters. The maximum Gasteiger partial charge on any atom is -0.00187 e. The molecule has 0 saturated heterocycles. The lowest BCUT2D eigenvalue weighted by atomic mass is 10.1. The summed E-state index contributed by atoms with van der Waals surface area (Å²) in [6, 6.07) is 0.